The van der Waals surface area contributed by atoms with Crippen molar-refractivity contribution < 1.29 is 4.74 Å². The van der Waals surface area contributed by atoms with E-state index in [-0.39, 0.29) is 5.84 Å². The van der Waals surface area contributed by atoms with Gasteiger partial charge in [-0.1, -0.05) is 6.07 Å². The average molecular weight is 269 g/mol. The smallest absolute Gasteiger partial charge is 0.230 e. The molecule has 1 heterocycles. The molecule has 1 aromatic heterocycles. The van der Waals surface area contributed by atoms with E-state index in [1.165, 1.54) is 0 Å². The summed E-state index contributed by atoms with van der Waals surface area (Å²) in [6.07, 6.45) is 0. The Balaban J connectivity index is 2.50. The third kappa shape index (κ3) is 2.79. The lowest BCUT2D eigenvalue weighted by Crippen LogP contribution is -2.13. The average Bonchev–Trinajstić information content (AvgIpc) is 2.35. The lowest BCUT2D eigenvalue weighted by atomic mass is 10.1. The zero-order valence-corrected chi connectivity index (χ0v) is 12.2. The maximum absolute atomic E-state index is 7.61. The Kier molecular flexibility index (Phi) is 3.74. The highest BCUT2D eigenvalue weighted by Crippen LogP contribution is 2.29. The van der Waals surface area contributed by atoms with Crippen molar-refractivity contribution in [3.8, 4) is 11.6 Å². The van der Waals surface area contributed by atoms with Crippen molar-refractivity contribution in [3.63, 3.8) is 0 Å². The summed E-state index contributed by atoms with van der Waals surface area (Å²) in [4.78, 5) is 4.35. The number of rotatable bonds is 3. The molecule has 0 spiro atoms. The van der Waals surface area contributed by atoms with E-state index in [1.54, 1.807) is 6.07 Å². The number of pyridine rings is 1. The second kappa shape index (κ2) is 5.33. The van der Waals surface area contributed by atoms with Crippen LogP contribution in [0.15, 0.2) is 24.3 Å². The van der Waals surface area contributed by atoms with Crippen LogP contribution >= 0.6 is 0 Å². The van der Waals surface area contributed by atoms with Crippen molar-refractivity contribution >= 4 is 5.84 Å². The minimum absolute atomic E-state index is 0.0467. The zero-order chi connectivity index (χ0) is 14.9. The Labute approximate surface area is 119 Å². The van der Waals surface area contributed by atoms with Crippen LogP contribution in [0.2, 0.25) is 0 Å². The molecule has 104 valence electrons. The van der Waals surface area contributed by atoms with Crippen LogP contribution in [0.5, 0.6) is 11.6 Å². The van der Waals surface area contributed by atoms with Crippen LogP contribution in [0, 0.1) is 33.1 Å². The van der Waals surface area contributed by atoms with Gasteiger partial charge in [-0.15, -0.1) is 0 Å². The van der Waals surface area contributed by atoms with Crippen LogP contribution in [0.3, 0.4) is 0 Å². The molecular weight excluding hydrogens is 250 g/mol. The van der Waals surface area contributed by atoms with Crippen molar-refractivity contribution in [3.05, 3.63) is 52.2 Å². The Hall–Kier alpha value is -2.36. The van der Waals surface area contributed by atoms with Crippen molar-refractivity contribution in [2.24, 2.45) is 5.73 Å². The third-order valence-electron chi connectivity index (χ3n) is 3.26. The van der Waals surface area contributed by atoms with Gasteiger partial charge in [-0.25, -0.2) is 4.98 Å². The summed E-state index contributed by atoms with van der Waals surface area (Å²) in [6.45, 7) is 7.96. The molecule has 0 radical (unpaired) electrons. The molecule has 0 saturated carbocycles. The van der Waals surface area contributed by atoms with Gasteiger partial charge in [-0.05, 0) is 62.6 Å². The second-order valence-electron chi connectivity index (χ2n) is 5.03. The summed E-state index contributed by atoms with van der Waals surface area (Å²) < 4.78 is 5.91. The van der Waals surface area contributed by atoms with Gasteiger partial charge in [0.1, 0.15) is 11.6 Å². The predicted molar refractivity (Wildman–Crippen MR) is 80.7 cm³/mol. The first-order valence-electron chi connectivity index (χ1n) is 6.46. The first kappa shape index (κ1) is 14.1. The number of ether oxygens (including phenoxy) is 1. The molecule has 1 aromatic carbocycles. The standard InChI is InChI=1S/C16H19N3O/c1-9-7-10(2)12(4)14(8-9)20-16-13(15(17)18)6-5-11(3)19-16/h5-8H,1-4H3,(H3,17,18). The van der Waals surface area contributed by atoms with E-state index in [1.807, 2.05) is 39.8 Å². The molecule has 2 rings (SSSR count). The Morgan fingerprint density at radius 2 is 1.85 bits per heavy atom. The Morgan fingerprint density at radius 3 is 2.50 bits per heavy atom. The number of aryl methyl sites for hydroxylation is 3. The molecule has 0 unspecified atom stereocenters. The monoisotopic (exact) mass is 269 g/mol. The highest BCUT2D eigenvalue weighted by Gasteiger charge is 2.12. The number of nitrogens with one attached hydrogen (secondary N) is 1. The van der Waals surface area contributed by atoms with Gasteiger partial charge in [0.25, 0.3) is 0 Å². The minimum atomic E-state index is -0.0467. The molecular formula is C16H19N3O. The van der Waals surface area contributed by atoms with E-state index in [9.17, 15) is 0 Å². The molecule has 0 aliphatic rings. The van der Waals surface area contributed by atoms with E-state index >= 15 is 0 Å². The number of benzene rings is 1. The van der Waals surface area contributed by atoms with Crippen LogP contribution in [-0.2, 0) is 0 Å². The molecule has 0 atom stereocenters. The molecule has 4 heteroatoms. The van der Waals surface area contributed by atoms with Gasteiger partial charge >= 0.3 is 0 Å². The van der Waals surface area contributed by atoms with Gasteiger partial charge in [0.15, 0.2) is 0 Å². The lowest BCUT2D eigenvalue weighted by Gasteiger charge is -2.14. The van der Waals surface area contributed by atoms with Gasteiger partial charge in [0.05, 0.1) is 5.56 Å². The minimum Gasteiger partial charge on any atom is -0.438 e. The van der Waals surface area contributed by atoms with Gasteiger partial charge in [-0.3, -0.25) is 5.41 Å². The molecule has 0 aliphatic carbocycles. The quantitative estimate of drug-likeness (QED) is 0.662. The first-order valence-corrected chi connectivity index (χ1v) is 6.46. The lowest BCUT2D eigenvalue weighted by molar-refractivity contribution is 0.456. The fourth-order valence-electron chi connectivity index (χ4n) is 2.03. The molecule has 4 nitrogen and oxygen atoms in total. The van der Waals surface area contributed by atoms with E-state index in [0.717, 1.165) is 28.1 Å². The topological polar surface area (TPSA) is 72.0 Å². The summed E-state index contributed by atoms with van der Waals surface area (Å²) in [5.74, 6) is 1.09. The van der Waals surface area contributed by atoms with Crippen molar-refractivity contribution in [1.29, 1.82) is 5.41 Å². The van der Waals surface area contributed by atoms with Crippen molar-refractivity contribution in [1.82, 2.24) is 4.98 Å². The summed E-state index contributed by atoms with van der Waals surface area (Å²) in [5, 5.41) is 7.61. The van der Waals surface area contributed by atoms with Gasteiger partial charge < -0.3 is 10.5 Å². The number of nitrogens with two attached hydrogens (primary N) is 1. The van der Waals surface area contributed by atoms with E-state index < -0.39 is 0 Å². The van der Waals surface area contributed by atoms with E-state index in [2.05, 4.69) is 11.1 Å². The van der Waals surface area contributed by atoms with E-state index in [4.69, 9.17) is 15.9 Å². The summed E-state index contributed by atoms with van der Waals surface area (Å²) in [6, 6.07) is 7.66. The highest BCUT2D eigenvalue weighted by atomic mass is 16.5. The molecule has 3 N–H and O–H groups in total. The first-order chi connectivity index (χ1) is 9.38. The van der Waals surface area contributed by atoms with Gasteiger partial charge in [0, 0.05) is 5.69 Å². The van der Waals surface area contributed by atoms with Gasteiger partial charge in [0.2, 0.25) is 5.88 Å². The van der Waals surface area contributed by atoms with Crippen LogP contribution in [0.4, 0.5) is 0 Å². The summed E-state index contributed by atoms with van der Waals surface area (Å²) in [7, 11) is 0. The second-order valence-corrected chi connectivity index (χ2v) is 5.03. The highest BCUT2D eigenvalue weighted by molar-refractivity contribution is 5.97. The van der Waals surface area contributed by atoms with Crippen LogP contribution in [0.25, 0.3) is 0 Å². The number of aromatic nitrogens is 1. The predicted octanol–water partition coefficient (Wildman–Crippen LogP) is 3.39. The fourth-order valence-corrected chi connectivity index (χ4v) is 2.03. The van der Waals surface area contributed by atoms with Crippen LogP contribution in [-0.4, -0.2) is 10.8 Å². The number of hydrogen-bond donors (Lipinski definition) is 2. The number of hydrogen-bond acceptors (Lipinski definition) is 3. The van der Waals surface area contributed by atoms with Crippen molar-refractivity contribution in [2.75, 3.05) is 0 Å². The molecule has 0 fully saturated rings. The normalized spacial score (nSPS) is 10.4. The summed E-state index contributed by atoms with van der Waals surface area (Å²) >= 11 is 0. The molecule has 0 saturated heterocycles. The third-order valence-corrected chi connectivity index (χ3v) is 3.26. The maximum atomic E-state index is 7.61. The van der Waals surface area contributed by atoms with E-state index in [0.29, 0.717) is 11.4 Å². The Bertz CT molecular complexity index is 678. The fraction of sp³-hybridized carbons (Fsp3) is 0.250. The number of nitrogen functional groups attached to an aromatic ring is 1. The SMILES string of the molecule is Cc1cc(C)c(C)c(Oc2nc(C)ccc2C(=N)N)c1. The summed E-state index contributed by atoms with van der Waals surface area (Å²) in [5.41, 5.74) is 10.3. The maximum Gasteiger partial charge on any atom is 0.230 e. The molecule has 0 aliphatic heterocycles. The van der Waals surface area contributed by atoms with Gasteiger partial charge in [-0.2, -0.15) is 0 Å². The largest absolute Gasteiger partial charge is 0.438 e. The van der Waals surface area contributed by atoms with Crippen LogP contribution < -0.4 is 10.5 Å². The number of nitrogens with zero attached hydrogens (tertiary/aromatic N) is 1. The zero-order valence-electron chi connectivity index (χ0n) is 12.2. The Morgan fingerprint density at radius 1 is 1.15 bits per heavy atom. The molecule has 20 heavy (non-hydrogen) atoms. The van der Waals surface area contributed by atoms with Crippen molar-refractivity contribution in [2.45, 2.75) is 27.7 Å². The molecule has 0 amide bonds. The number of amidine groups is 1. The molecule has 2 aromatic rings. The van der Waals surface area contributed by atoms with Crippen LogP contribution in [0.1, 0.15) is 27.9 Å². The molecule has 0 bridgehead atoms.